The molecule has 0 spiro atoms. The van der Waals surface area contributed by atoms with E-state index >= 15 is 0 Å². The van der Waals surface area contributed by atoms with Crippen molar-refractivity contribution in [1.82, 2.24) is 9.88 Å². The Morgan fingerprint density at radius 1 is 1.10 bits per heavy atom. The van der Waals surface area contributed by atoms with Crippen LogP contribution in [0.3, 0.4) is 0 Å². The molecule has 0 unspecified atom stereocenters. The molecule has 8 heteroatoms. The molecule has 0 bridgehead atoms. The Bertz CT molecular complexity index is 891. The van der Waals surface area contributed by atoms with Gasteiger partial charge in [0, 0.05) is 11.5 Å². The zero-order valence-corrected chi connectivity index (χ0v) is 16.0. The van der Waals surface area contributed by atoms with Crippen molar-refractivity contribution in [3.05, 3.63) is 59.3 Å². The molecule has 1 fully saturated rings. The number of carbonyl (C=O) groups is 2. The Kier molecular flexibility index (Phi) is 6.32. The van der Waals surface area contributed by atoms with Crippen LogP contribution in [-0.2, 0) is 6.42 Å². The maximum atomic E-state index is 12.8. The van der Waals surface area contributed by atoms with Gasteiger partial charge < -0.3 is 10.2 Å². The third kappa shape index (κ3) is 5.63. The van der Waals surface area contributed by atoms with Gasteiger partial charge in [0.25, 0.3) is 5.91 Å². The number of anilines is 1. The van der Waals surface area contributed by atoms with Gasteiger partial charge in [0.15, 0.2) is 5.78 Å². The zero-order chi connectivity index (χ0) is 21.0. The van der Waals surface area contributed by atoms with Crippen LogP contribution in [0.4, 0.5) is 19.0 Å². The third-order valence-corrected chi connectivity index (χ3v) is 4.99. The number of Topliss-reactive ketones (excluding diaryl/α,β-unsaturated/α-hetero) is 1. The van der Waals surface area contributed by atoms with Crippen LogP contribution in [0, 0.1) is 5.92 Å². The van der Waals surface area contributed by atoms with Gasteiger partial charge in [-0.1, -0.05) is 24.3 Å². The van der Waals surface area contributed by atoms with Crippen LogP contribution in [0.1, 0.15) is 39.3 Å². The molecule has 2 aromatic rings. The molecule has 2 heterocycles. The topological polar surface area (TPSA) is 62.3 Å². The highest BCUT2D eigenvalue weighted by Gasteiger charge is 2.30. The summed E-state index contributed by atoms with van der Waals surface area (Å²) < 4.78 is 38.3. The molecule has 1 amide bonds. The normalized spacial score (nSPS) is 15.9. The summed E-state index contributed by atoms with van der Waals surface area (Å²) in [6.07, 6.45) is -4.12. The summed E-state index contributed by atoms with van der Waals surface area (Å²) in [5.74, 6) is -0.749. The lowest BCUT2D eigenvalue weighted by molar-refractivity contribution is -0.127. The Morgan fingerprint density at radius 3 is 2.48 bits per heavy atom. The Hall–Kier alpha value is -2.74. The van der Waals surface area contributed by atoms with Crippen molar-refractivity contribution in [2.75, 3.05) is 25.5 Å². The van der Waals surface area contributed by atoms with Crippen molar-refractivity contribution in [2.45, 2.75) is 25.4 Å². The predicted molar refractivity (Wildman–Crippen MR) is 103 cm³/mol. The number of ketones is 1. The monoisotopic (exact) mass is 405 g/mol. The van der Waals surface area contributed by atoms with E-state index in [2.05, 4.69) is 15.2 Å². The quantitative estimate of drug-likeness (QED) is 0.765. The molecule has 0 saturated carbocycles. The SMILES string of the molecule is CN1CCC(C(=O)c2cccc(NC(=O)c3ccccc3CC(F)(F)F)n2)CC1. The smallest absolute Gasteiger partial charge is 0.307 e. The average molecular weight is 405 g/mol. The third-order valence-electron chi connectivity index (χ3n) is 4.99. The summed E-state index contributed by atoms with van der Waals surface area (Å²) in [5, 5.41) is 2.51. The zero-order valence-electron chi connectivity index (χ0n) is 16.0. The largest absolute Gasteiger partial charge is 0.393 e. The molecule has 29 heavy (non-hydrogen) atoms. The van der Waals surface area contributed by atoms with Gasteiger partial charge in [-0.3, -0.25) is 9.59 Å². The van der Waals surface area contributed by atoms with Crippen molar-refractivity contribution in [3.8, 4) is 0 Å². The number of amides is 1. The number of nitrogens with one attached hydrogen (secondary N) is 1. The van der Waals surface area contributed by atoms with Gasteiger partial charge in [0.2, 0.25) is 0 Å². The van der Waals surface area contributed by atoms with E-state index in [-0.39, 0.29) is 34.3 Å². The summed E-state index contributed by atoms with van der Waals surface area (Å²) in [7, 11) is 2.01. The summed E-state index contributed by atoms with van der Waals surface area (Å²) >= 11 is 0. The molecule has 1 aliphatic heterocycles. The molecule has 0 aliphatic carbocycles. The molecule has 1 aromatic carbocycles. The fraction of sp³-hybridized carbons (Fsp3) is 0.381. The number of aromatic nitrogens is 1. The first-order valence-electron chi connectivity index (χ1n) is 9.39. The van der Waals surface area contributed by atoms with Gasteiger partial charge in [-0.15, -0.1) is 0 Å². The minimum atomic E-state index is -4.42. The lowest BCUT2D eigenvalue weighted by Gasteiger charge is -2.27. The van der Waals surface area contributed by atoms with Crippen LogP contribution in [0.2, 0.25) is 0 Å². The molecule has 1 aliphatic rings. The lowest BCUT2D eigenvalue weighted by Crippen LogP contribution is -2.33. The number of hydrogen-bond donors (Lipinski definition) is 1. The van der Waals surface area contributed by atoms with Gasteiger partial charge in [-0.25, -0.2) is 4.98 Å². The molecule has 5 nitrogen and oxygen atoms in total. The Labute approximate surface area is 166 Å². The first-order chi connectivity index (χ1) is 13.7. The van der Waals surface area contributed by atoms with E-state index in [0.717, 1.165) is 25.9 Å². The molecule has 1 saturated heterocycles. The van der Waals surface area contributed by atoms with E-state index in [1.807, 2.05) is 7.05 Å². The van der Waals surface area contributed by atoms with E-state index in [9.17, 15) is 22.8 Å². The molecule has 1 N–H and O–H groups in total. The van der Waals surface area contributed by atoms with Gasteiger partial charge >= 0.3 is 6.18 Å². The standard InChI is InChI=1S/C21H22F3N3O2/c1-27-11-9-14(10-12-27)19(28)17-7-4-8-18(25-17)26-20(29)16-6-3-2-5-15(16)13-21(22,23)24/h2-8,14H,9-13H2,1H3,(H,25,26,29). The van der Waals surface area contributed by atoms with Crippen LogP contribution < -0.4 is 5.32 Å². The van der Waals surface area contributed by atoms with Crippen molar-refractivity contribution < 1.29 is 22.8 Å². The summed E-state index contributed by atoms with van der Waals surface area (Å²) in [6, 6.07) is 10.3. The maximum Gasteiger partial charge on any atom is 0.393 e. The fourth-order valence-corrected chi connectivity index (χ4v) is 3.42. The number of halogens is 3. The number of hydrogen-bond acceptors (Lipinski definition) is 4. The summed E-state index contributed by atoms with van der Waals surface area (Å²) in [4.78, 5) is 31.6. The van der Waals surface area contributed by atoms with E-state index in [1.165, 1.54) is 30.3 Å². The number of alkyl halides is 3. The van der Waals surface area contributed by atoms with Crippen LogP contribution in [0.25, 0.3) is 0 Å². The molecule has 154 valence electrons. The van der Waals surface area contributed by atoms with Gasteiger partial charge in [-0.05, 0) is 56.7 Å². The van der Waals surface area contributed by atoms with Crippen molar-refractivity contribution in [3.63, 3.8) is 0 Å². The minimum Gasteiger partial charge on any atom is -0.307 e. The highest BCUT2D eigenvalue weighted by molar-refractivity contribution is 6.05. The van der Waals surface area contributed by atoms with E-state index in [4.69, 9.17) is 0 Å². The number of likely N-dealkylation sites (tertiary alicyclic amines) is 1. The van der Waals surface area contributed by atoms with Crippen LogP contribution in [-0.4, -0.2) is 47.9 Å². The molecule has 0 atom stereocenters. The van der Waals surface area contributed by atoms with Crippen molar-refractivity contribution >= 4 is 17.5 Å². The fourth-order valence-electron chi connectivity index (χ4n) is 3.42. The van der Waals surface area contributed by atoms with Gasteiger partial charge in [-0.2, -0.15) is 13.2 Å². The van der Waals surface area contributed by atoms with E-state index in [1.54, 1.807) is 12.1 Å². The summed E-state index contributed by atoms with van der Waals surface area (Å²) in [5.41, 5.74) is 0.0654. The molecular formula is C21H22F3N3O2. The first-order valence-corrected chi connectivity index (χ1v) is 9.39. The van der Waals surface area contributed by atoms with Crippen LogP contribution in [0.5, 0.6) is 0 Å². The number of nitrogens with zero attached hydrogens (tertiary/aromatic N) is 2. The van der Waals surface area contributed by atoms with Gasteiger partial charge in [0.1, 0.15) is 11.5 Å². The number of pyridine rings is 1. The second-order valence-corrected chi connectivity index (χ2v) is 7.25. The predicted octanol–water partition coefficient (Wildman–Crippen LogP) is 3.96. The highest BCUT2D eigenvalue weighted by Crippen LogP contribution is 2.24. The second-order valence-electron chi connectivity index (χ2n) is 7.25. The van der Waals surface area contributed by atoms with E-state index in [0.29, 0.717) is 0 Å². The average Bonchev–Trinajstić information content (AvgIpc) is 2.67. The minimum absolute atomic E-state index is 0.0707. The number of piperidine rings is 1. The summed E-state index contributed by atoms with van der Waals surface area (Å²) in [6.45, 7) is 1.67. The lowest BCUT2D eigenvalue weighted by atomic mass is 9.91. The van der Waals surface area contributed by atoms with Crippen LogP contribution >= 0.6 is 0 Å². The number of rotatable bonds is 5. The second kappa shape index (κ2) is 8.73. The van der Waals surface area contributed by atoms with Gasteiger partial charge in [0.05, 0.1) is 6.42 Å². The Balaban J connectivity index is 1.74. The van der Waals surface area contributed by atoms with Crippen molar-refractivity contribution in [2.24, 2.45) is 5.92 Å². The molecule has 1 aromatic heterocycles. The molecular weight excluding hydrogens is 383 g/mol. The maximum absolute atomic E-state index is 12.8. The number of carbonyl (C=O) groups excluding carboxylic acids is 2. The van der Waals surface area contributed by atoms with E-state index < -0.39 is 18.5 Å². The highest BCUT2D eigenvalue weighted by atomic mass is 19.4. The van der Waals surface area contributed by atoms with Crippen LogP contribution in [0.15, 0.2) is 42.5 Å². The molecule has 3 rings (SSSR count). The number of benzene rings is 1. The Morgan fingerprint density at radius 2 is 1.79 bits per heavy atom. The van der Waals surface area contributed by atoms with Crippen molar-refractivity contribution in [1.29, 1.82) is 0 Å². The molecule has 0 radical (unpaired) electrons. The first kappa shape index (κ1) is 21.0.